The molecule has 1 saturated heterocycles. The third-order valence-electron chi connectivity index (χ3n) is 3.87. The average Bonchev–Trinajstić information content (AvgIpc) is 2.82. The molecule has 3 rings (SSSR count). The van der Waals surface area contributed by atoms with E-state index in [0.29, 0.717) is 18.1 Å². The van der Waals surface area contributed by atoms with Gasteiger partial charge in [0.05, 0.1) is 11.5 Å². The third-order valence-corrected chi connectivity index (χ3v) is 5.63. The van der Waals surface area contributed by atoms with Gasteiger partial charge in [-0.1, -0.05) is 6.92 Å². The van der Waals surface area contributed by atoms with E-state index in [1.54, 1.807) is 0 Å². The highest BCUT2D eigenvalue weighted by atomic mass is 32.2. The van der Waals surface area contributed by atoms with Gasteiger partial charge in [-0.2, -0.15) is 0 Å². The van der Waals surface area contributed by atoms with Crippen LogP contribution in [0.5, 0.6) is 0 Å². The molecule has 1 aromatic rings. The maximum Gasteiger partial charge on any atom is 0.151 e. The molecule has 2 aliphatic rings. The van der Waals surface area contributed by atoms with Gasteiger partial charge in [-0.05, 0) is 19.3 Å². The fourth-order valence-corrected chi connectivity index (χ4v) is 4.65. The van der Waals surface area contributed by atoms with Crippen LogP contribution in [0.4, 0.5) is 0 Å². The van der Waals surface area contributed by atoms with E-state index in [4.69, 9.17) is 0 Å². The Morgan fingerprint density at radius 1 is 1.24 bits per heavy atom. The van der Waals surface area contributed by atoms with E-state index in [1.807, 2.05) is 0 Å². The summed E-state index contributed by atoms with van der Waals surface area (Å²) >= 11 is 0. The predicted molar refractivity (Wildman–Crippen MR) is 63.7 cm³/mol. The highest BCUT2D eigenvalue weighted by Gasteiger charge is 2.34. The summed E-state index contributed by atoms with van der Waals surface area (Å²) in [5.41, 5.74) is 0. The lowest BCUT2D eigenvalue weighted by Crippen LogP contribution is -2.18. The minimum absolute atomic E-state index is 0.0616. The van der Waals surface area contributed by atoms with Gasteiger partial charge in [-0.25, -0.2) is 8.42 Å². The van der Waals surface area contributed by atoms with Crippen LogP contribution in [0, 0.1) is 0 Å². The molecule has 6 heteroatoms. The second kappa shape index (κ2) is 3.80. The Labute approximate surface area is 101 Å². The van der Waals surface area contributed by atoms with Crippen molar-refractivity contribution in [2.45, 2.75) is 44.6 Å². The standard InChI is InChI=1S/C11H17N3O2S/c1-8-3-2-5-14-10(8)12-13-11(14)9-4-6-17(15,16)7-9/h8-9H,2-7H2,1H3. The zero-order valence-corrected chi connectivity index (χ0v) is 10.8. The van der Waals surface area contributed by atoms with E-state index < -0.39 is 9.84 Å². The van der Waals surface area contributed by atoms with Gasteiger partial charge >= 0.3 is 0 Å². The minimum Gasteiger partial charge on any atom is -0.315 e. The molecule has 0 N–H and O–H groups in total. The van der Waals surface area contributed by atoms with Gasteiger partial charge in [0.25, 0.3) is 0 Å². The molecule has 3 heterocycles. The second-order valence-electron chi connectivity index (χ2n) is 5.21. The highest BCUT2D eigenvalue weighted by Crippen LogP contribution is 2.32. The maximum atomic E-state index is 11.5. The van der Waals surface area contributed by atoms with E-state index in [2.05, 4.69) is 21.7 Å². The molecule has 0 aromatic carbocycles. The Balaban J connectivity index is 1.95. The van der Waals surface area contributed by atoms with Crippen LogP contribution in [0.3, 0.4) is 0 Å². The molecular weight excluding hydrogens is 238 g/mol. The molecule has 0 aliphatic carbocycles. The van der Waals surface area contributed by atoms with Crippen molar-refractivity contribution in [3.63, 3.8) is 0 Å². The van der Waals surface area contributed by atoms with Crippen molar-refractivity contribution in [2.24, 2.45) is 0 Å². The van der Waals surface area contributed by atoms with E-state index in [-0.39, 0.29) is 11.7 Å². The summed E-state index contributed by atoms with van der Waals surface area (Å²) in [5, 5.41) is 8.49. The molecule has 94 valence electrons. The summed E-state index contributed by atoms with van der Waals surface area (Å²) in [6.45, 7) is 3.10. The van der Waals surface area contributed by atoms with Crippen LogP contribution in [-0.4, -0.2) is 34.7 Å². The van der Waals surface area contributed by atoms with Crippen LogP contribution >= 0.6 is 0 Å². The smallest absolute Gasteiger partial charge is 0.151 e. The molecule has 2 aliphatic heterocycles. The molecule has 0 radical (unpaired) electrons. The van der Waals surface area contributed by atoms with Crippen LogP contribution in [0.1, 0.15) is 49.7 Å². The minimum atomic E-state index is -2.84. The average molecular weight is 255 g/mol. The van der Waals surface area contributed by atoms with Crippen LogP contribution in [-0.2, 0) is 16.4 Å². The summed E-state index contributed by atoms with van der Waals surface area (Å²) in [5.74, 6) is 2.99. The molecule has 5 nitrogen and oxygen atoms in total. The first-order valence-electron chi connectivity index (χ1n) is 6.20. The summed E-state index contributed by atoms with van der Waals surface area (Å²) in [6, 6.07) is 0. The van der Waals surface area contributed by atoms with E-state index in [1.165, 1.54) is 0 Å². The Morgan fingerprint density at radius 3 is 2.71 bits per heavy atom. The first-order valence-corrected chi connectivity index (χ1v) is 8.02. The van der Waals surface area contributed by atoms with Crippen LogP contribution in [0.2, 0.25) is 0 Å². The lowest BCUT2D eigenvalue weighted by Gasteiger charge is -2.21. The van der Waals surface area contributed by atoms with Gasteiger partial charge in [0.15, 0.2) is 9.84 Å². The summed E-state index contributed by atoms with van der Waals surface area (Å²) in [4.78, 5) is 0. The molecule has 1 fully saturated rings. The monoisotopic (exact) mass is 255 g/mol. The van der Waals surface area contributed by atoms with Gasteiger partial charge in [0.2, 0.25) is 0 Å². The fraction of sp³-hybridized carbons (Fsp3) is 0.818. The normalized spacial score (nSPS) is 31.4. The molecule has 0 saturated carbocycles. The van der Waals surface area contributed by atoms with Gasteiger partial charge in [-0.3, -0.25) is 0 Å². The maximum absolute atomic E-state index is 11.5. The summed E-state index contributed by atoms with van der Waals surface area (Å²) in [6.07, 6.45) is 2.99. The van der Waals surface area contributed by atoms with Gasteiger partial charge in [0.1, 0.15) is 11.6 Å². The van der Waals surface area contributed by atoms with E-state index >= 15 is 0 Å². The van der Waals surface area contributed by atoms with Crippen LogP contribution in [0.25, 0.3) is 0 Å². The number of fused-ring (bicyclic) bond motifs is 1. The molecule has 0 spiro atoms. The molecular formula is C11H17N3O2S. The Kier molecular flexibility index (Phi) is 2.50. The number of rotatable bonds is 1. The third kappa shape index (κ3) is 1.88. The quantitative estimate of drug-likeness (QED) is 0.753. The molecule has 2 atom stereocenters. The number of aromatic nitrogens is 3. The first-order chi connectivity index (χ1) is 8.07. The molecule has 2 unspecified atom stereocenters. The topological polar surface area (TPSA) is 64.8 Å². The summed E-state index contributed by atoms with van der Waals surface area (Å²) in [7, 11) is -2.84. The molecule has 17 heavy (non-hydrogen) atoms. The van der Waals surface area contributed by atoms with E-state index in [9.17, 15) is 8.42 Å². The second-order valence-corrected chi connectivity index (χ2v) is 7.44. The highest BCUT2D eigenvalue weighted by molar-refractivity contribution is 7.91. The SMILES string of the molecule is CC1CCCn2c1nnc2C1CCS(=O)(=O)C1. The Morgan fingerprint density at radius 2 is 2.00 bits per heavy atom. The van der Waals surface area contributed by atoms with Crippen molar-refractivity contribution in [3.05, 3.63) is 11.6 Å². The number of hydrogen-bond donors (Lipinski definition) is 0. The molecule has 0 bridgehead atoms. The Bertz CT molecular complexity index is 535. The predicted octanol–water partition coefficient (Wildman–Crippen LogP) is 1.08. The molecule has 0 amide bonds. The lowest BCUT2D eigenvalue weighted by molar-refractivity contribution is 0.447. The van der Waals surface area contributed by atoms with Gasteiger partial charge < -0.3 is 4.57 Å². The number of nitrogens with zero attached hydrogens (tertiary/aromatic N) is 3. The first kappa shape index (κ1) is 11.2. The largest absolute Gasteiger partial charge is 0.315 e. The zero-order valence-electron chi connectivity index (χ0n) is 9.96. The zero-order chi connectivity index (χ0) is 12.0. The van der Waals surface area contributed by atoms with Crippen molar-refractivity contribution in [1.29, 1.82) is 0 Å². The van der Waals surface area contributed by atoms with Crippen molar-refractivity contribution in [1.82, 2.24) is 14.8 Å². The van der Waals surface area contributed by atoms with Crippen LogP contribution < -0.4 is 0 Å². The number of hydrogen-bond acceptors (Lipinski definition) is 4. The lowest BCUT2D eigenvalue weighted by atomic mass is 10.0. The van der Waals surface area contributed by atoms with Gasteiger partial charge in [0, 0.05) is 18.4 Å². The fourth-order valence-electron chi connectivity index (χ4n) is 2.91. The Hall–Kier alpha value is -0.910. The summed E-state index contributed by atoms with van der Waals surface area (Å²) < 4.78 is 25.2. The van der Waals surface area contributed by atoms with Crippen molar-refractivity contribution in [2.75, 3.05) is 11.5 Å². The van der Waals surface area contributed by atoms with Crippen LogP contribution in [0.15, 0.2) is 0 Å². The van der Waals surface area contributed by atoms with Crippen molar-refractivity contribution in [3.8, 4) is 0 Å². The molecule has 1 aromatic heterocycles. The number of sulfone groups is 1. The van der Waals surface area contributed by atoms with Crippen molar-refractivity contribution < 1.29 is 8.42 Å². The van der Waals surface area contributed by atoms with Gasteiger partial charge in [-0.15, -0.1) is 10.2 Å². The van der Waals surface area contributed by atoms with Crippen molar-refractivity contribution >= 4 is 9.84 Å². The van der Waals surface area contributed by atoms with E-state index in [0.717, 1.165) is 31.0 Å².